The lowest BCUT2D eigenvalue weighted by atomic mass is 9.65. The minimum absolute atomic E-state index is 0.111. The lowest BCUT2D eigenvalue weighted by Gasteiger charge is -2.41. The molecule has 0 aromatic heterocycles. The molecule has 1 aliphatic rings. The Morgan fingerprint density at radius 3 is 2.63 bits per heavy atom. The molecule has 1 aromatic carbocycles. The van der Waals surface area contributed by atoms with Crippen LogP contribution in [0.25, 0.3) is 0 Å². The molecule has 3 nitrogen and oxygen atoms in total. The van der Waals surface area contributed by atoms with E-state index >= 15 is 0 Å². The van der Waals surface area contributed by atoms with Crippen LogP contribution in [-0.2, 0) is 16.6 Å². The minimum Gasteiger partial charge on any atom is -0.381 e. The van der Waals surface area contributed by atoms with Crippen LogP contribution >= 0.6 is 0 Å². The van der Waals surface area contributed by atoms with Crippen LogP contribution in [0.1, 0.15) is 54.6 Å². The molecule has 19 heavy (non-hydrogen) atoms. The van der Waals surface area contributed by atoms with Crippen molar-refractivity contribution in [3.63, 3.8) is 0 Å². The van der Waals surface area contributed by atoms with Gasteiger partial charge in [0, 0.05) is 12.7 Å². The van der Waals surface area contributed by atoms with E-state index in [1.807, 2.05) is 18.2 Å². The molecule has 0 aliphatic heterocycles. The topological polar surface area (TPSA) is 52.3 Å². The first-order valence-electron chi connectivity index (χ1n) is 7.02. The van der Waals surface area contributed by atoms with Crippen molar-refractivity contribution >= 4 is 5.91 Å². The van der Waals surface area contributed by atoms with Crippen LogP contribution in [0.2, 0.25) is 0 Å². The van der Waals surface area contributed by atoms with E-state index in [0.29, 0.717) is 5.56 Å². The fraction of sp³-hybridized carbons (Fsp3) is 0.562. The Morgan fingerprint density at radius 1 is 1.42 bits per heavy atom. The van der Waals surface area contributed by atoms with Gasteiger partial charge in [-0.1, -0.05) is 19.9 Å². The maximum absolute atomic E-state index is 11.4. The second kappa shape index (κ2) is 5.33. The van der Waals surface area contributed by atoms with Gasteiger partial charge in [-0.2, -0.15) is 0 Å². The summed E-state index contributed by atoms with van der Waals surface area (Å²) in [7, 11) is 1.78. The number of carbonyl (C=O) groups excluding carboxylic acids is 1. The molecule has 0 saturated heterocycles. The number of hydrogen-bond acceptors (Lipinski definition) is 2. The average Bonchev–Trinajstić information content (AvgIpc) is 2.45. The highest BCUT2D eigenvalue weighted by molar-refractivity contribution is 5.93. The number of nitrogens with two attached hydrogens (primary N) is 1. The van der Waals surface area contributed by atoms with E-state index in [0.717, 1.165) is 25.7 Å². The predicted molar refractivity (Wildman–Crippen MR) is 76.3 cm³/mol. The lowest BCUT2D eigenvalue weighted by molar-refractivity contribution is 0.0608. The highest BCUT2D eigenvalue weighted by atomic mass is 16.5. The van der Waals surface area contributed by atoms with Gasteiger partial charge in [0.2, 0.25) is 5.91 Å². The predicted octanol–water partition coefficient (Wildman–Crippen LogP) is 2.80. The van der Waals surface area contributed by atoms with E-state index < -0.39 is 0 Å². The van der Waals surface area contributed by atoms with Gasteiger partial charge < -0.3 is 10.5 Å². The first-order valence-corrected chi connectivity index (χ1v) is 7.02. The number of ether oxygens (including phenoxy) is 1. The van der Waals surface area contributed by atoms with Crippen LogP contribution in [0, 0.1) is 0 Å². The van der Waals surface area contributed by atoms with E-state index in [2.05, 4.69) is 13.8 Å². The zero-order valence-corrected chi connectivity index (χ0v) is 12.0. The van der Waals surface area contributed by atoms with Gasteiger partial charge in [0.1, 0.15) is 0 Å². The molecular formula is C16H23NO2. The first kappa shape index (κ1) is 14.1. The highest BCUT2D eigenvalue weighted by Gasteiger charge is 2.38. The van der Waals surface area contributed by atoms with E-state index in [1.165, 1.54) is 11.1 Å². The summed E-state index contributed by atoms with van der Waals surface area (Å²) in [5.41, 5.74) is 8.72. The summed E-state index contributed by atoms with van der Waals surface area (Å²) in [6.45, 7) is 4.42. The molecule has 1 amide bonds. The Labute approximate surface area is 115 Å². The van der Waals surface area contributed by atoms with Crippen molar-refractivity contribution in [2.45, 2.75) is 51.0 Å². The lowest BCUT2D eigenvalue weighted by Crippen LogP contribution is -2.38. The van der Waals surface area contributed by atoms with E-state index in [4.69, 9.17) is 10.5 Å². The normalized spacial score (nSPS) is 20.9. The van der Waals surface area contributed by atoms with Gasteiger partial charge in [-0.3, -0.25) is 4.79 Å². The fourth-order valence-corrected chi connectivity index (χ4v) is 3.35. The SMILES string of the molecule is CCC1(CC)CC(OC)Cc2ccc(C(N)=O)cc21. The van der Waals surface area contributed by atoms with Crippen molar-refractivity contribution in [2.75, 3.05) is 7.11 Å². The largest absolute Gasteiger partial charge is 0.381 e. The van der Waals surface area contributed by atoms with E-state index in [9.17, 15) is 4.79 Å². The molecule has 2 N–H and O–H groups in total. The monoisotopic (exact) mass is 261 g/mol. The summed E-state index contributed by atoms with van der Waals surface area (Å²) < 4.78 is 5.59. The minimum atomic E-state index is -0.349. The molecule has 0 heterocycles. The zero-order chi connectivity index (χ0) is 14.0. The third-order valence-corrected chi connectivity index (χ3v) is 4.72. The summed E-state index contributed by atoms with van der Waals surface area (Å²) in [4.78, 5) is 11.4. The van der Waals surface area contributed by atoms with E-state index in [1.54, 1.807) is 7.11 Å². The number of hydrogen-bond donors (Lipinski definition) is 1. The van der Waals surface area contributed by atoms with Gasteiger partial charge in [0.25, 0.3) is 0 Å². The van der Waals surface area contributed by atoms with Crippen LogP contribution in [0.4, 0.5) is 0 Å². The summed E-state index contributed by atoms with van der Waals surface area (Å²) in [6, 6.07) is 5.87. The van der Waals surface area contributed by atoms with Crippen LogP contribution in [-0.4, -0.2) is 19.1 Å². The molecule has 1 atom stereocenters. The molecule has 1 aliphatic carbocycles. The second-order valence-electron chi connectivity index (χ2n) is 5.49. The maximum atomic E-state index is 11.4. The number of amides is 1. The van der Waals surface area contributed by atoms with Gasteiger partial charge >= 0.3 is 0 Å². The highest BCUT2D eigenvalue weighted by Crippen LogP contribution is 2.43. The molecule has 0 saturated carbocycles. The summed E-state index contributed by atoms with van der Waals surface area (Å²) in [5, 5.41) is 0. The summed E-state index contributed by atoms with van der Waals surface area (Å²) >= 11 is 0. The van der Waals surface area contributed by atoms with Crippen molar-refractivity contribution < 1.29 is 9.53 Å². The van der Waals surface area contributed by atoms with Crippen LogP contribution < -0.4 is 5.73 Å². The van der Waals surface area contributed by atoms with Crippen molar-refractivity contribution in [3.05, 3.63) is 34.9 Å². The third-order valence-electron chi connectivity index (χ3n) is 4.72. The third kappa shape index (κ3) is 2.39. The summed E-state index contributed by atoms with van der Waals surface area (Å²) in [5.74, 6) is -0.349. The number of fused-ring (bicyclic) bond motifs is 1. The number of methoxy groups -OCH3 is 1. The second-order valence-corrected chi connectivity index (χ2v) is 5.49. The first-order chi connectivity index (χ1) is 9.06. The van der Waals surface area contributed by atoms with Gasteiger partial charge in [-0.05, 0) is 54.4 Å². The standard InChI is InChI=1S/C16H23NO2/c1-4-16(5-2)10-13(19-3)8-11-6-7-12(15(17)18)9-14(11)16/h6-7,9,13H,4-5,8,10H2,1-3H3,(H2,17,18). The Kier molecular flexibility index (Phi) is 3.95. The molecule has 104 valence electrons. The molecule has 0 radical (unpaired) electrons. The Balaban J connectivity index is 2.54. The molecule has 3 heteroatoms. The number of benzene rings is 1. The molecule has 1 unspecified atom stereocenters. The zero-order valence-electron chi connectivity index (χ0n) is 12.0. The van der Waals surface area contributed by atoms with Gasteiger partial charge in [0.15, 0.2) is 0 Å². The van der Waals surface area contributed by atoms with Crippen molar-refractivity contribution in [1.82, 2.24) is 0 Å². The van der Waals surface area contributed by atoms with Crippen molar-refractivity contribution in [2.24, 2.45) is 5.73 Å². The smallest absolute Gasteiger partial charge is 0.248 e. The summed E-state index contributed by atoms with van der Waals surface area (Å²) in [6.07, 6.45) is 4.32. The van der Waals surface area contributed by atoms with Crippen LogP contribution in [0.15, 0.2) is 18.2 Å². The van der Waals surface area contributed by atoms with Crippen molar-refractivity contribution in [1.29, 1.82) is 0 Å². The average molecular weight is 261 g/mol. The molecule has 0 spiro atoms. The molecule has 0 fully saturated rings. The Morgan fingerprint density at radius 2 is 2.11 bits per heavy atom. The number of rotatable bonds is 4. The van der Waals surface area contributed by atoms with Crippen LogP contribution in [0.3, 0.4) is 0 Å². The number of primary amides is 1. The maximum Gasteiger partial charge on any atom is 0.248 e. The van der Waals surface area contributed by atoms with E-state index in [-0.39, 0.29) is 17.4 Å². The van der Waals surface area contributed by atoms with Gasteiger partial charge in [-0.15, -0.1) is 0 Å². The molecule has 0 bridgehead atoms. The Hall–Kier alpha value is -1.35. The molecule has 1 aromatic rings. The molecular weight excluding hydrogens is 238 g/mol. The fourth-order valence-electron chi connectivity index (χ4n) is 3.35. The van der Waals surface area contributed by atoms with Gasteiger partial charge in [0.05, 0.1) is 6.10 Å². The van der Waals surface area contributed by atoms with Crippen molar-refractivity contribution in [3.8, 4) is 0 Å². The quantitative estimate of drug-likeness (QED) is 0.906. The van der Waals surface area contributed by atoms with Crippen LogP contribution in [0.5, 0.6) is 0 Å². The van der Waals surface area contributed by atoms with Gasteiger partial charge in [-0.25, -0.2) is 0 Å². The Bertz CT molecular complexity index is 478. The molecule has 2 rings (SSSR count). The number of carbonyl (C=O) groups is 1.